The molecule has 1 heterocycles. The molecule has 0 aliphatic carbocycles. The van der Waals surface area contributed by atoms with Crippen LogP contribution >= 0.6 is 0 Å². The Labute approximate surface area is 131 Å². The number of hydrogen-bond donors (Lipinski definition) is 0. The van der Waals surface area contributed by atoms with Crippen LogP contribution < -0.4 is 10.5 Å². The van der Waals surface area contributed by atoms with Gasteiger partial charge in [0, 0.05) is 37.3 Å². The van der Waals surface area contributed by atoms with E-state index in [0.717, 1.165) is 11.8 Å². The van der Waals surface area contributed by atoms with Crippen molar-refractivity contribution in [2.75, 3.05) is 19.0 Å². The molecule has 0 unspecified atom stereocenters. The van der Waals surface area contributed by atoms with Gasteiger partial charge in [0.1, 0.15) is 11.1 Å². The standard InChI is InChI=1S/C15H14BF2NO4/c1-9(23-16(17)18)6-13(20)12-7-10-4-5-11(19(2)3)8-14(10)22-15(12)21/h4-8H,1-3H3. The van der Waals surface area contributed by atoms with Crippen molar-refractivity contribution in [1.82, 2.24) is 0 Å². The summed E-state index contributed by atoms with van der Waals surface area (Å²) in [6.07, 6.45) is 0.832. The average molecular weight is 321 g/mol. The van der Waals surface area contributed by atoms with Crippen LogP contribution in [0.5, 0.6) is 0 Å². The lowest BCUT2D eigenvalue weighted by Gasteiger charge is -2.12. The molecule has 2 rings (SSSR count). The molecule has 0 aliphatic rings. The fourth-order valence-electron chi connectivity index (χ4n) is 1.99. The first-order valence-corrected chi connectivity index (χ1v) is 6.70. The van der Waals surface area contributed by atoms with Gasteiger partial charge in [-0.3, -0.25) is 4.79 Å². The molecule has 0 saturated heterocycles. The average Bonchev–Trinajstić information content (AvgIpc) is 2.44. The summed E-state index contributed by atoms with van der Waals surface area (Å²) in [6, 6.07) is 6.55. The molecular weight excluding hydrogens is 307 g/mol. The van der Waals surface area contributed by atoms with Gasteiger partial charge in [-0.2, -0.15) is 0 Å². The Balaban J connectivity index is 2.42. The Bertz CT molecular complexity index is 830. The molecule has 1 aromatic carbocycles. The van der Waals surface area contributed by atoms with Crippen molar-refractivity contribution in [3.8, 4) is 0 Å². The molecule has 0 aliphatic heterocycles. The van der Waals surface area contributed by atoms with E-state index in [1.807, 2.05) is 19.0 Å². The Hall–Kier alpha value is -2.64. The highest BCUT2D eigenvalue weighted by atomic mass is 19.2. The molecule has 23 heavy (non-hydrogen) atoms. The maximum atomic E-state index is 12.1. The molecule has 1 aromatic heterocycles. The lowest BCUT2D eigenvalue weighted by Crippen LogP contribution is -2.14. The summed E-state index contributed by atoms with van der Waals surface area (Å²) >= 11 is 0. The molecule has 0 fully saturated rings. The number of carbonyl (C=O) groups is 1. The van der Waals surface area contributed by atoms with Crippen molar-refractivity contribution in [1.29, 1.82) is 0 Å². The van der Waals surface area contributed by atoms with E-state index < -0.39 is 18.9 Å². The molecule has 0 radical (unpaired) electrons. The largest absolute Gasteiger partial charge is 0.796 e. The predicted molar refractivity (Wildman–Crippen MR) is 84.0 cm³/mol. The first kappa shape index (κ1) is 16.7. The Morgan fingerprint density at radius 3 is 2.61 bits per heavy atom. The van der Waals surface area contributed by atoms with Gasteiger partial charge in [0.25, 0.3) is 0 Å². The third kappa shape index (κ3) is 3.97. The van der Waals surface area contributed by atoms with Crippen molar-refractivity contribution in [2.24, 2.45) is 0 Å². The van der Waals surface area contributed by atoms with Gasteiger partial charge in [-0.25, -0.2) is 13.4 Å². The third-order valence-corrected chi connectivity index (χ3v) is 3.11. The lowest BCUT2D eigenvalue weighted by molar-refractivity contribution is 0.104. The van der Waals surface area contributed by atoms with E-state index in [2.05, 4.69) is 4.65 Å². The molecule has 0 atom stereocenters. The summed E-state index contributed by atoms with van der Waals surface area (Å²) < 4.78 is 33.4. The van der Waals surface area contributed by atoms with Gasteiger partial charge in [0.05, 0.1) is 5.76 Å². The summed E-state index contributed by atoms with van der Waals surface area (Å²) in [5, 5.41) is 0.555. The molecule has 0 saturated carbocycles. The number of rotatable bonds is 5. The second-order valence-electron chi connectivity index (χ2n) is 5.06. The molecule has 8 heteroatoms. The van der Waals surface area contributed by atoms with Gasteiger partial charge >= 0.3 is 13.1 Å². The fourth-order valence-corrected chi connectivity index (χ4v) is 1.99. The summed E-state index contributed by atoms with van der Waals surface area (Å²) in [7, 11) is 0.651. The zero-order valence-corrected chi connectivity index (χ0v) is 12.8. The maximum Gasteiger partial charge on any atom is 0.796 e. The van der Waals surface area contributed by atoms with Crippen molar-refractivity contribution in [3.05, 3.63) is 52.1 Å². The second-order valence-corrected chi connectivity index (χ2v) is 5.06. The minimum absolute atomic E-state index is 0.243. The van der Waals surface area contributed by atoms with Crippen LogP contribution in [0.4, 0.5) is 14.3 Å². The summed E-state index contributed by atoms with van der Waals surface area (Å²) in [5.41, 5.74) is 0.0925. The summed E-state index contributed by atoms with van der Waals surface area (Å²) in [4.78, 5) is 25.8. The molecule has 0 N–H and O–H groups in total. The molecule has 2 aromatic rings. The van der Waals surface area contributed by atoms with Gasteiger partial charge in [0.2, 0.25) is 0 Å². The van der Waals surface area contributed by atoms with Gasteiger partial charge in [-0.05, 0) is 25.1 Å². The number of fused-ring (bicyclic) bond motifs is 1. The predicted octanol–water partition coefficient (Wildman–Crippen LogP) is 2.89. The summed E-state index contributed by atoms with van der Waals surface area (Å²) in [5.74, 6) is -1.04. The van der Waals surface area contributed by atoms with Gasteiger partial charge in [-0.15, -0.1) is 0 Å². The number of halogens is 2. The highest BCUT2D eigenvalue weighted by Gasteiger charge is 2.19. The van der Waals surface area contributed by atoms with Gasteiger partial charge in [0.15, 0.2) is 5.78 Å². The number of nitrogens with zero attached hydrogens (tertiary/aromatic N) is 1. The Kier molecular flexibility index (Phi) is 4.83. The van der Waals surface area contributed by atoms with Gasteiger partial charge in [-0.1, -0.05) is 0 Å². The number of carbonyl (C=O) groups excluding carboxylic acids is 1. The third-order valence-electron chi connectivity index (χ3n) is 3.11. The first-order valence-electron chi connectivity index (χ1n) is 6.70. The molecular formula is C15H14BF2NO4. The number of ketones is 1. The van der Waals surface area contributed by atoms with Crippen molar-refractivity contribution < 1.29 is 22.5 Å². The van der Waals surface area contributed by atoms with Crippen LogP contribution in [-0.2, 0) is 4.65 Å². The van der Waals surface area contributed by atoms with Crippen LogP contribution in [0.15, 0.2) is 45.3 Å². The van der Waals surface area contributed by atoms with Crippen LogP contribution in [0.25, 0.3) is 11.0 Å². The van der Waals surface area contributed by atoms with Crippen LogP contribution in [0.3, 0.4) is 0 Å². The smallest absolute Gasteiger partial charge is 0.509 e. The van der Waals surface area contributed by atoms with Crippen molar-refractivity contribution >= 4 is 29.9 Å². The van der Waals surface area contributed by atoms with Gasteiger partial charge < -0.3 is 14.0 Å². The van der Waals surface area contributed by atoms with E-state index in [-0.39, 0.29) is 11.3 Å². The van der Waals surface area contributed by atoms with E-state index >= 15 is 0 Å². The van der Waals surface area contributed by atoms with Crippen molar-refractivity contribution in [3.63, 3.8) is 0 Å². The number of benzene rings is 1. The van der Waals surface area contributed by atoms with E-state index in [9.17, 15) is 18.2 Å². The zero-order valence-electron chi connectivity index (χ0n) is 12.8. The molecule has 0 amide bonds. The minimum atomic E-state index is -3.03. The lowest BCUT2D eigenvalue weighted by atomic mass is 10.1. The van der Waals surface area contributed by atoms with Crippen LogP contribution in [0.1, 0.15) is 17.3 Å². The van der Waals surface area contributed by atoms with Crippen LogP contribution in [0.2, 0.25) is 0 Å². The molecule has 120 valence electrons. The Morgan fingerprint density at radius 2 is 2.00 bits per heavy atom. The van der Waals surface area contributed by atoms with E-state index in [4.69, 9.17) is 4.42 Å². The normalized spacial score (nSPS) is 11.4. The van der Waals surface area contributed by atoms with E-state index in [0.29, 0.717) is 11.0 Å². The number of allylic oxidation sites excluding steroid dienone is 2. The van der Waals surface area contributed by atoms with Crippen LogP contribution in [-0.4, -0.2) is 27.3 Å². The number of anilines is 1. The minimum Gasteiger partial charge on any atom is -0.509 e. The second kappa shape index (κ2) is 6.64. The van der Waals surface area contributed by atoms with Crippen LogP contribution in [0, 0.1) is 0 Å². The van der Waals surface area contributed by atoms with E-state index in [1.165, 1.54) is 13.0 Å². The molecule has 5 nitrogen and oxygen atoms in total. The highest BCUT2D eigenvalue weighted by Crippen LogP contribution is 2.20. The van der Waals surface area contributed by atoms with Crippen molar-refractivity contribution in [2.45, 2.75) is 6.92 Å². The maximum absolute atomic E-state index is 12.1. The summed E-state index contributed by atoms with van der Waals surface area (Å²) in [6.45, 7) is 1.20. The highest BCUT2D eigenvalue weighted by molar-refractivity contribution is 6.34. The first-order chi connectivity index (χ1) is 10.8. The fraction of sp³-hybridized carbons (Fsp3) is 0.200. The monoisotopic (exact) mass is 321 g/mol. The van der Waals surface area contributed by atoms with E-state index in [1.54, 1.807) is 18.2 Å². The SMILES string of the molecule is CC(=CC(=O)c1cc2ccc(N(C)C)cc2oc1=O)OB(F)F. The molecule has 0 spiro atoms. The topological polar surface area (TPSA) is 59.8 Å². The zero-order chi connectivity index (χ0) is 17.1. The molecule has 0 bridgehead atoms. The quantitative estimate of drug-likeness (QED) is 0.279. The number of hydrogen-bond acceptors (Lipinski definition) is 5. The Morgan fingerprint density at radius 1 is 1.30 bits per heavy atom.